The molecule has 2 aromatic carbocycles. The van der Waals surface area contributed by atoms with Gasteiger partial charge >= 0.3 is 0 Å². The zero-order chi connectivity index (χ0) is 13.6. The van der Waals surface area contributed by atoms with Crippen LogP contribution in [0.3, 0.4) is 0 Å². The maximum Gasteiger partial charge on any atom is 0.120 e. The molecule has 1 heterocycles. The van der Waals surface area contributed by atoms with Gasteiger partial charge in [0.25, 0.3) is 0 Å². The molecule has 20 heavy (non-hydrogen) atoms. The summed E-state index contributed by atoms with van der Waals surface area (Å²) in [6.07, 6.45) is 1.80. The van der Waals surface area contributed by atoms with E-state index in [1.165, 1.54) is 0 Å². The van der Waals surface area contributed by atoms with Gasteiger partial charge in [0.05, 0.1) is 5.69 Å². The van der Waals surface area contributed by atoms with E-state index >= 15 is 0 Å². The molecule has 2 heteroatoms. The van der Waals surface area contributed by atoms with Crippen molar-refractivity contribution in [2.24, 2.45) is 0 Å². The van der Waals surface area contributed by atoms with Crippen molar-refractivity contribution >= 4 is 0 Å². The Morgan fingerprint density at radius 1 is 0.800 bits per heavy atom. The molecule has 0 aliphatic rings. The van der Waals surface area contributed by atoms with Crippen molar-refractivity contribution in [1.82, 2.24) is 4.98 Å². The highest BCUT2D eigenvalue weighted by Gasteiger charge is 2.01. The van der Waals surface area contributed by atoms with Gasteiger partial charge in [0.15, 0.2) is 0 Å². The lowest BCUT2D eigenvalue weighted by atomic mass is 10.1. The van der Waals surface area contributed by atoms with Crippen LogP contribution in [0.5, 0.6) is 5.75 Å². The van der Waals surface area contributed by atoms with E-state index in [4.69, 9.17) is 4.74 Å². The van der Waals surface area contributed by atoms with Crippen LogP contribution in [-0.4, -0.2) is 4.98 Å². The van der Waals surface area contributed by atoms with Crippen molar-refractivity contribution in [3.8, 4) is 17.0 Å². The van der Waals surface area contributed by atoms with Crippen LogP contribution in [0, 0.1) is 0 Å². The highest BCUT2D eigenvalue weighted by Crippen LogP contribution is 2.22. The van der Waals surface area contributed by atoms with Crippen LogP contribution in [0.4, 0.5) is 0 Å². The number of aromatic nitrogens is 1. The maximum absolute atomic E-state index is 5.83. The first kappa shape index (κ1) is 12.4. The Labute approximate surface area is 118 Å². The van der Waals surface area contributed by atoms with E-state index < -0.39 is 0 Å². The minimum Gasteiger partial charge on any atom is -0.489 e. The second-order valence-corrected chi connectivity index (χ2v) is 4.52. The molecule has 0 radical (unpaired) electrons. The van der Waals surface area contributed by atoms with Crippen LogP contribution < -0.4 is 4.74 Å². The molecule has 0 unspecified atom stereocenters. The SMILES string of the molecule is c1ccc(COc2cccc(-c3ccccn3)c2)cc1. The van der Waals surface area contributed by atoms with Gasteiger partial charge in [0.1, 0.15) is 12.4 Å². The van der Waals surface area contributed by atoms with Crippen molar-refractivity contribution in [3.63, 3.8) is 0 Å². The molecule has 0 aliphatic carbocycles. The number of hydrogen-bond acceptors (Lipinski definition) is 2. The first-order valence-corrected chi connectivity index (χ1v) is 6.60. The third kappa shape index (κ3) is 3.04. The number of ether oxygens (including phenoxy) is 1. The molecule has 0 N–H and O–H groups in total. The molecular formula is C18H15NO. The number of hydrogen-bond donors (Lipinski definition) is 0. The number of rotatable bonds is 4. The van der Waals surface area contributed by atoms with E-state index in [1.807, 2.05) is 60.7 Å². The van der Waals surface area contributed by atoms with Crippen LogP contribution in [0.1, 0.15) is 5.56 Å². The number of nitrogens with zero attached hydrogens (tertiary/aromatic N) is 1. The minimum absolute atomic E-state index is 0.576. The minimum atomic E-state index is 0.576. The molecule has 2 nitrogen and oxygen atoms in total. The molecule has 1 aromatic heterocycles. The summed E-state index contributed by atoms with van der Waals surface area (Å²) >= 11 is 0. The standard InChI is InChI=1S/C18H15NO/c1-2-7-15(8-3-1)14-20-17-10-6-9-16(13-17)18-11-4-5-12-19-18/h1-13H,14H2. The highest BCUT2D eigenvalue weighted by atomic mass is 16.5. The van der Waals surface area contributed by atoms with Crippen LogP contribution >= 0.6 is 0 Å². The predicted octanol–water partition coefficient (Wildman–Crippen LogP) is 4.33. The van der Waals surface area contributed by atoms with Crippen molar-refractivity contribution in [2.75, 3.05) is 0 Å². The Kier molecular flexibility index (Phi) is 3.74. The topological polar surface area (TPSA) is 22.1 Å². The van der Waals surface area contributed by atoms with Gasteiger partial charge in [0, 0.05) is 11.8 Å². The van der Waals surface area contributed by atoms with Crippen molar-refractivity contribution in [2.45, 2.75) is 6.61 Å². The lowest BCUT2D eigenvalue weighted by Gasteiger charge is -2.08. The van der Waals surface area contributed by atoms with E-state index in [1.54, 1.807) is 6.20 Å². The summed E-state index contributed by atoms with van der Waals surface area (Å²) in [5.74, 6) is 0.858. The van der Waals surface area contributed by atoms with E-state index in [9.17, 15) is 0 Å². The molecular weight excluding hydrogens is 246 g/mol. The summed E-state index contributed by atoms with van der Waals surface area (Å²) < 4.78 is 5.83. The molecule has 0 saturated heterocycles. The fourth-order valence-electron chi connectivity index (χ4n) is 2.02. The van der Waals surface area contributed by atoms with E-state index in [0.29, 0.717) is 6.61 Å². The van der Waals surface area contributed by atoms with Gasteiger partial charge < -0.3 is 4.74 Å². The van der Waals surface area contributed by atoms with Crippen LogP contribution in [-0.2, 0) is 6.61 Å². The van der Waals surface area contributed by atoms with Crippen LogP contribution in [0.2, 0.25) is 0 Å². The average Bonchev–Trinajstić information content (AvgIpc) is 2.55. The second-order valence-electron chi connectivity index (χ2n) is 4.52. The lowest BCUT2D eigenvalue weighted by molar-refractivity contribution is 0.306. The monoisotopic (exact) mass is 261 g/mol. The van der Waals surface area contributed by atoms with Gasteiger partial charge in [-0.2, -0.15) is 0 Å². The van der Waals surface area contributed by atoms with Gasteiger partial charge in [-0.05, 0) is 29.8 Å². The third-order valence-electron chi connectivity index (χ3n) is 3.04. The summed E-state index contributed by atoms with van der Waals surface area (Å²) in [5, 5.41) is 0. The second kappa shape index (κ2) is 6.02. The van der Waals surface area contributed by atoms with Crippen molar-refractivity contribution < 1.29 is 4.74 Å². The Morgan fingerprint density at radius 2 is 1.65 bits per heavy atom. The molecule has 98 valence electrons. The molecule has 0 spiro atoms. The number of pyridine rings is 1. The zero-order valence-corrected chi connectivity index (χ0v) is 11.1. The van der Waals surface area contributed by atoms with Gasteiger partial charge in [-0.25, -0.2) is 0 Å². The smallest absolute Gasteiger partial charge is 0.120 e. The summed E-state index contributed by atoms with van der Waals surface area (Å²) in [6.45, 7) is 0.576. The van der Waals surface area contributed by atoms with Crippen molar-refractivity contribution in [3.05, 3.63) is 84.6 Å². The van der Waals surface area contributed by atoms with Gasteiger partial charge in [-0.3, -0.25) is 4.98 Å². The summed E-state index contributed by atoms with van der Waals surface area (Å²) in [4.78, 5) is 4.35. The lowest BCUT2D eigenvalue weighted by Crippen LogP contribution is -1.95. The largest absolute Gasteiger partial charge is 0.489 e. The molecule has 0 saturated carbocycles. The predicted molar refractivity (Wildman–Crippen MR) is 80.4 cm³/mol. The molecule has 0 bridgehead atoms. The van der Waals surface area contributed by atoms with Gasteiger partial charge in [-0.15, -0.1) is 0 Å². The molecule has 3 aromatic rings. The molecule has 0 amide bonds. The van der Waals surface area contributed by atoms with Crippen molar-refractivity contribution in [1.29, 1.82) is 0 Å². The molecule has 0 atom stereocenters. The fraction of sp³-hybridized carbons (Fsp3) is 0.0556. The Morgan fingerprint density at radius 3 is 2.45 bits per heavy atom. The Bertz CT molecular complexity index is 665. The normalized spacial score (nSPS) is 10.2. The Hall–Kier alpha value is -2.61. The Balaban J connectivity index is 1.75. The van der Waals surface area contributed by atoms with Gasteiger partial charge in [0.2, 0.25) is 0 Å². The summed E-state index contributed by atoms with van der Waals surface area (Å²) in [5.41, 5.74) is 3.18. The maximum atomic E-state index is 5.83. The van der Waals surface area contributed by atoms with E-state index in [2.05, 4.69) is 17.1 Å². The van der Waals surface area contributed by atoms with E-state index in [0.717, 1.165) is 22.6 Å². The summed E-state index contributed by atoms with van der Waals surface area (Å²) in [6, 6.07) is 24.1. The first-order valence-electron chi connectivity index (χ1n) is 6.60. The van der Waals surface area contributed by atoms with E-state index in [-0.39, 0.29) is 0 Å². The zero-order valence-electron chi connectivity index (χ0n) is 11.1. The molecule has 3 rings (SSSR count). The van der Waals surface area contributed by atoms with Crippen LogP contribution in [0.25, 0.3) is 11.3 Å². The first-order chi connectivity index (χ1) is 9.92. The highest BCUT2D eigenvalue weighted by molar-refractivity contribution is 5.60. The van der Waals surface area contributed by atoms with Crippen LogP contribution in [0.15, 0.2) is 79.0 Å². The third-order valence-corrected chi connectivity index (χ3v) is 3.04. The van der Waals surface area contributed by atoms with Gasteiger partial charge in [-0.1, -0.05) is 48.5 Å². The number of benzene rings is 2. The average molecular weight is 261 g/mol. The molecule has 0 fully saturated rings. The quantitative estimate of drug-likeness (QED) is 0.697. The molecule has 0 aliphatic heterocycles. The summed E-state index contributed by atoms with van der Waals surface area (Å²) in [7, 11) is 0. The fourth-order valence-corrected chi connectivity index (χ4v) is 2.02.